The Kier molecular flexibility index (Phi) is 2.66. The van der Waals surface area contributed by atoms with Crippen molar-refractivity contribution in [1.29, 1.82) is 0 Å². The van der Waals surface area contributed by atoms with Crippen LogP contribution in [0.25, 0.3) is 5.52 Å². The molecule has 21 heavy (non-hydrogen) atoms. The molecule has 0 radical (unpaired) electrons. The lowest BCUT2D eigenvalue weighted by molar-refractivity contribution is -0.141. The van der Waals surface area contributed by atoms with E-state index in [-0.39, 0.29) is 0 Å². The Balaban J connectivity index is 1.74. The Morgan fingerprint density at radius 3 is 2.57 bits per heavy atom. The molecule has 0 spiro atoms. The molecule has 0 aliphatic carbocycles. The minimum atomic E-state index is -4.44. The van der Waals surface area contributed by atoms with Crippen LogP contribution in [0.2, 0.25) is 0 Å². The van der Waals surface area contributed by atoms with Crippen LogP contribution in [0.4, 0.5) is 19.0 Å². The number of nitrogens with one attached hydrogen (secondary N) is 1. The molecule has 4 heterocycles. The van der Waals surface area contributed by atoms with Crippen LogP contribution in [0.15, 0.2) is 18.5 Å². The molecule has 0 saturated carbocycles. The van der Waals surface area contributed by atoms with E-state index in [1.165, 1.54) is 16.9 Å². The maximum atomic E-state index is 12.8. The van der Waals surface area contributed by atoms with E-state index >= 15 is 0 Å². The zero-order valence-corrected chi connectivity index (χ0v) is 11.1. The van der Waals surface area contributed by atoms with Crippen molar-refractivity contribution in [3.05, 3.63) is 24.2 Å². The molecule has 1 N–H and O–H groups in total. The number of rotatable bonds is 1. The van der Waals surface area contributed by atoms with Crippen LogP contribution in [0.3, 0.4) is 0 Å². The second-order valence-electron chi connectivity index (χ2n) is 5.69. The third-order valence-corrected chi connectivity index (χ3v) is 4.35. The van der Waals surface area contributed by atoms with E-state index in [0.717, 1.165) is 32.2 Å². The average Bonchev–Trinajstić information content (AvgIpc) is 3.10. The van der Waals surface area contributed by atoms with E-state index in [1.807, 2.05) is 0 Å². The lowest BCUT2D eigenvalue weighted by Crippen LogP contribution is -2.26. The summed E-state index contributed by atoms with van der Waals surface area (Å²) in [5.74, 6) is 1.70. The minimum Gasteiger partial charge on any atom is -0.354 e. The summed E-state index contributed by atoms with van der Waals surface area (Å²) >= 11 is 0. The predicted molar refractivity (Wildman–Crippen MR) is 70.1 cm³/mol. The molecule has 2 unspecified atom stereocenters. The third-order valence-electron chi connectivity index (χ3n) is 4.35. The number of hydrogen-bond acceptors (Lipinski definition) is 4. The van der Waals surface area contributed by atoms with Gasteiger partial charge in [0, 0.05) is 44.6 Å². The van der Waals surface area contributed by atoms with Gasteiger partial charge in [0.15, 0.2) is 11.5 Å². The minimum absolute atomic E-state index is 0.415. The number of anilines is 1. The molecule has 2 aromatic rings. The average molecular weight is 297 g/mol. The molecule has 0 bridgehead atoms. The van der Waals surface area contributed by atoms with Gasteiger partial charge in [-0.2, -0.15) is 18.3 Å². The first-order valence-electron chi connectivity index (χ1n) is 6.89. The second-order valence-corrected chi connectivity index (χ2v) is 5.69. The highest BCUT2D eigenvalue weighted by atomic mass is 19.4. The van der Waals surface area contributed by atoms with Crippen molar-refractivity contribution in [2.75, 3.05) is 31.1 Å². The van der Waals surface area contributed by atoms with Crippen molar-refractivity contribution in [2.45, 2.75) is 6.18 Å². The molecular weight excluding hydrogens is 283 g/mol. The summed E-state index contributed by atoms with van der Waals surface area (Å²) in [5.41, 5.74) is -0.462. The Bertz CT molecular complexity index is 668. The van der Waals surface area contributed by atoms with Gasteiger partial charge in [0.05, 0.1) is 0 Å². The van der Waals surface area contributed by atoms with Crippen molar-refractivity contribution in [3.63, 3.8) is 0 Å². The van der Waals surface area contributed by atoms with Gasteiger partial charge in [0.25, 0.3) is 0 Å². The monoisotopic (exact) mass is 297 g/mol. The number of nitrogens with zero attached hydrogens (tertiary/aromatic N) is 4. The summed E-state index contributed by atoms with van der Waals surface area (Å²) in [5, 5.41) is 6.94. The van der Waals surface area contributed by atoms with E-state index in [4.69, 9.17) is 0 Å². The smallest absolute Gasteiger partial charge is 0.354 e. The molecule has 0 amide bonds. The molecule has 0 aromatic carbocycles. The van der Waals surface area contributed by atoms with Crippen molar-refractivity contribution in [1.82, 2.24) is 19.9 Å². The van der Waals surface area contributed by atoms with Crippen LogP contribution in [0, 0.1) is 11.8 Å². The summed E-state index contributed by atoms with van der Waals surface area (Å²) in [6.07, 6.45) is -1.48. The highest BCUT2D eigenvalue weighted by molar-refractivity contribution is 5.69. The zero-order chi connectivity index (χ0) is 14.6. The van der Waals surface area contributed by atoms with Gasteiger partial charge in [-0.3, -0.25) is 0 Å². The Morgan fingerprint density at radius 2 is 1.90 bits per heavy atom. The van der Waals surface area contributed by atoms with Gasteiger partial charge < -0.3 is 10.2 Å². The number of aromatic nitrogens is 3. The van der Waals surface area contributed by atoms with Gasteiger partial charge in [-0.05, 0) is 11.8 Å². The molecule has 8 heteroatoms. The fraction of sp³-hybridized carbons (Fsp3) is 0.538. The van der Waals surface area contributed by atoms with E-state index in [9.17, 15) is 13.2 Å². The van der Waals surface area contributed by atoms with Gasteiger partial charge in [-0.25, -0.2) is 9.50 Å². The fourth-order valence-corrected chi connectivity index (χ4v) is 3.32. The molecule has 4 rings (SSSR count). The van der Waals surface area contributed by atoms with Crippen LogP contribution >= 0.6 is 0 Å². The summed E-state index contributed by atoms with van der Waals surface area (Å²) in [6.45, 7) is 3.60. The quantitative estimate of drug-likeness (QED) is 0.864. The summed E-state index contributed by atoms with van der Waals surface area (Å²) in [7, 11) is 0. The Hall–Kier alpha value is -1.83. The van der Waals surface area contributed by atoms with Crippen LogP contribution in [0.1, 0.15) is 5.69 Å². The van der Waals surface area contributed by atoms with E-state index < -0.39 is 11.9 Å². The number of fused-ring (bicyclic) bond motifs is 2. The highest BCUT2D eigenvalue weighted by Crippen LogP contribution is 2.34. The van der Waals surface area contributed by atoms with Gasteiger partial charge >= 0.3 is 6.18 Å². The van der Waals surface area contributed by atoms with Crippen molar-refractivity contribution in [3.8, 4) is 0 Å². The van der Waals surface area contributed by atoms with Gasteiger partial charge in [0.1, 0.15) is 5.52 Å². The van der Waals surface area contributed by atoms with E-state index in [2.05, 4.69) is 20.3 Å². The maximum absolute atomic E-state index is 12.8. The summed E-state index contributed by atoms with van der Waals surface area (Å²) in [6, 6.07) is 1.08. The molecule has 2 aliphatic heterocycles. The van der Waals surface area contributed by atoms with Crippen molar-refractivity contribution in [2.24, 2.45) is 11.8 Å². The third kappa shape index (κ3) is 2.05. The van der Waals surface area contributed by atoms with Gasteiger partial charge in [-0.1, -0.05) is 0 Å². The number of alkyl halides is 3. The Labute approximate surface area is 118 Å². The van der Waals surface area contributed by atoms with Crippen LogP contribution in [0.5, 0.6) is 0 Å². The Morgan fingerprint density at radius 1 is 1.19 bits per heavy atom. The number of hydrogen-bond donors (Lipinski definition) is 1. The van der Waals surface area contributed by atoms with Crippen LogP contribution in [-0.4, -0.2) is 40.8 Å². The maximum Gasteiger partial charge on any atom is 0.435 e. The second kappa shape index (κ2) is 4.33. The molecular formula is C13H14F3N5. The topological polar surface area (TPSA) is 45.5 Å². The summed E-state index contributed by atoms with van der Waals surface area (Å²) < 4.78 is 39.7. The molecule has 2 saturated heterocycles. The van der Waals surface area contributed by atoms with Crippen LogP contribution in [-0.2, 0) is 6.18 Å². The molecule has 2 fully saturated rings. The highest BCUT2D eigenvalue weighted by Gasteiger charge is 2.38. The van der Waals surface area contributed by atoms with E-state index in [1.54, 1.807) is 0 Å². The van der Waals surface area contributed by atoms with Gasteiger partial charge in [-0.15, -0.1) is 0 Å². The largest absolute Gasteiger partial charge is 0.435 e. The SMILES string of the molecule is FC(F)(F)c1cc2c(N3CC4CNCC4C3)nccn2n1. The van der Waals surface area contributed by atoms with E-state index in [0.29, 0.717) is 23.2 Å². The fourth-order valence-electron chi connectivity index (χ4n) is 3.32. The van der Waals surface area contributed by atoms with Crippen molar-refractivity contribution >= 4 is 11.3 Å². The molecule has 2 atom stereocenters. The predicted octanol–water partition coefficient (Wildman–Crippen LogP) is 1.40. The lowest BCUT2D eigenvalue weighted by Gasteiger charge is -2.19. The van der Waals surface area contributed by atoms with Crippen LogP contribution < -0.4 is 10.2 Å². The summed E-state index contributed by atoms with van der Waals surface area (Å²) in [4.78, 5) is 6.37. The molecule has 112 valence electrons. The molecule has 2 aliphatic rings. The molecule has 2 aromatic heterocycles. The standard InChI is InChI=1S/C13H14F3N5/c14-13(15,16)11-3-10-12(18-1-2-21(10)19-11)20-6-8-4-17-5-9(8)7-20/h1-3,8-9,17H,4-7H2. The normalized spacial score (nSPS) is 25.8. The first-order valence-corrected chi connectivity index (χ1v) is 6.89. The zero-order valence-electron chi connectivity index (χ0n) is 11.1. The lowest BCUT2D eigenvalue weighted by atomic mass is 10.0. The number of halogens is 3. The first-order chi connectivity index (χ1) is 10.0. The first kappa shape index (κ1) is 12.9. The van der Waals surface area contributed by atoms with Crippen molar-refractivity contribution < 1.29 is 13.2 Å². The van der Waals surface area contributed by atoms with Gasteiger partial charge in [0.2, 0.25) is 0 Å². The molecule has 5 nitrogen and oxygen atoms in total.